The Bertz CT molecular complexity index is 1250. The Balaban J connectivity index is 1.24. The molecule has 2 aromatic carbocycles. The summed E-state index contributed by atoms with van der Waals surface area (Å²) in [6.45, 7) is 6.13. The molecule has 34 heavy (non-hydrogen) atoms. The summed E-state index contributed by atoms with van der Waals surface area (Å²) in [7, 11) is 0. The maximum atomic E-state index is 5.98. The Morgan fingerprint density at radius 3 is 1.97 bits per heavy atom. The van der Waals surface area contributed by atoms with E-state index in [1.165, 1.54) is 11.1 Å². The number of rotatable bonds is 7. The van der Waals surface area contributed by atoms with Gasteiger partial charge in [0.05, 0.1) is 12.4 Å². The van der Waals surface area contributed by atoms with Crippen molar-refractivity contribution in [2.45, 2.75) is 51.2 Å². The molecule has 0 aliphatic heterocycles. The molecule has 0 amide bonds. The standard InChI is InChI=1S/C26H27N5O3/c1-16-30-31-25(32-16)24-28-14-23(15-29-24)34-21-10-6-18(7-11-21)26(2,3)17-4-8-20(9-5-17)33-22-12-19(27)13-22/h4-11,14-15,19,22H,12-13,27H2,1-3H3. The minimum Gasteiger partial charge on any atom is -0.490 e. The van der Waals surface area contributed by atoms with Crippen molar-refractivity contribution >= 4 is 0 Å². The summed E-state index contributed by atoms with van der Waals surface area (Å²) in [6.07, 6.45) is 5.26. The Labute approximate surface area is 198 Å². The summed E-state index contributed by atoms with van der Waals surface area (Å²) < 4.78 is 17.2. The summed E-state index contributed by atoms with van der Waals surface area (Å²) in [5.41, 5.74) is 8.05. The average Bonchev–Trinajstić information content (AvgIpc) is 3.25. The summed E-state index contributed by atoms with van der Waals surface area (Å²) in [5.74, 6) is 3.22. The number of aromatic nitrogens is 4. The van der Waals surface area contributed by atoms with Crippen molar-refractivity contribution in [3.05, 3.63) is 77.9 Å². The third-order valence-corrected chi connectivity index (χ3v) is 6.17. The first-order valence-corrected chi connectivity index (χ1v) is 11.3. The first-order valence-electron chi connectivity index (χ1n) is 11.3. The van der Waals surface area contributed by atoms with Gasteiger partial charge in [-0.15, -0.1) is 10.2 Å². The van der Waals surface area contributed by atoms with Gasteiger partial charge >= 0.3 is 0 Å². The Kier molecular flexibility index (Phi) is 5.75. The highest BCUT2D eigenvalue weighted by Crippen LogP contribution is 2.34. The number of ether oxygens (including phenoxy) is 2. The van der Waals surface area contributed by atoms with Crippen LogP contribution in [0.15, 0.2) is 65.3 Å². The van der Waals surface area contributed by atoms with Crippen LogP contribution in [0.25, 0.3) is 11.7 Å². The van der Waals surface area contributed by atoms with Gasteiger partial charge in [0.15, 0.2) is 5.75 Å². The first-order chi connectivity index (χ1) is 16.4. The van der Waals surface area contributed by atoms with Crippen LogP contribution in [-0.4, -0.2) is 32.3 Å². The zero-order chi connectivity index (χ0) is 23.7. The lowest BCUT2D eigenvalue weighted by atomic mass is 9.78. The van der Waals surface area contributed by atoms with Crippen LogP contribution in [0.3, 0.4) is 0 Å². The summed E-state index contributed by atoms with van der Waals surface area (Å²) in [4.78, 5) is 8.49. The second-order valence-electron chi connectivity index (χ2n) is 9.12. The lowest BCUT2D eigenvalue weighted by molar-refractivity contribution is 0.101. The van der Waals surface area contributed by atoms with E-state index in [1.807, 2.05) is 24.3 Å². The smallest absolute Gasteiger partial charge is 0.285 e. The fourth-order valence-electron chi connectivity index (χ4n) is 3.95. The molecule has 1 aliphatic rings. The van der Waals surface area contributed by atoms with Crippen LogP contribution in [0.5, 0.6) is 17.2 Å². The molecule has 2 N–H and O–H groups in total. The number of hydrogen-bond donors (Lipinski definition) is 1. The highest BCUT2D eigenvalue weighted by molar-refractivity contribution is 5.43. The van der Waals surface area contributed by atoms with Gasteiger partial charge in [0, 0.05) is 18.4 Å². The van der Waals surface area contributed by atoms with Gasteiger partial charge in [0.1, 0.15) is 17.6 Å². The average molecular weight is 458 g/mol. The van der Waals surface area contributed by atoms with Crippen LogP contribution in [0.2, 0.25) is 0 Å². The van der Waals surface area contributed by atoms with Gasteiger partial charge in [-0.2, -0.15) is 0 Å². The largest absolute Gasteiger partial charge is 0.490 e. The predicted octanol–water partition coefficient (Wildman–Crippen LogP) is 4.82. The van der Waals surface area contributed by atoms with Gasteiger partial charge in [0.25, 0.3) is 5.89 Å². The molecule has 0 saturated heterocycles. The lowest BCUT2D eigenvalue weighted by Crippen LogP contribution is -2.43. The second kappa shape index (κ2) is 8.87. The molecule has 2 aromatic heterocycles. The number of nitrogens with two attached hydrogens (primary N) is 1. The van der Waals surface area contributed by atoms with Crippen LogP contribution in [0.1, 0.15) is 43.7 Å². The molecule has 1 aliphatic carbocycles. The van der Waals surface area contributed by atoms with Crippen molar-refractivity contribution in [3.63, 3.8) is 0 Å². The minimum atomic E-state index is -0.178. The summed E-state index contributed by atoms with van der Waals surface area (Å²) in [5, 5.41) is 7.71. The molecular formula is C26H27N5O3. The fourth-order valence-corrected chi connectivity index (χ4v) is 3.95. The monoisotopic (exact) mass is 457 g/mol. The molecule has 0 bridgehead atoms. The van der Waals surface area contributed by atoms with E-state index in [-0.39, 0.29) is 23.5 Å². The number of hydrogen-bond acceptors (Lipinski definition) is 8. The molecule has 8 nitrogen and oxygen atoms in total. The van der Waals surface area contributed by atoms with E-state index in [0.717, 1.165) is 18.6 Å². The van der Waals surface area contributed by atoms with Crippen LogP contribution >= 0.6 is 0 Å². The molecule has 2 heterocycles. The fraction of sp³-hybridized carbons (Fsp3) is 0.308. The quantitative estimate of drug-likeness (QED) is 0.421. The van der Waals surface area contributed by atoms with Crippen LogP contribution in [0, 0.1) is 6.92 Å². The van der Waals surface area contributed by atoms with E-state index in [9.17, 15) is 0 Å². The van der Waals surface area contributed by atoms with Gasteiger partial charge in [-0.05, 0) is 48.2 Å². The van der Waals surface area contributed by atoms with Crippen molar-refractivity contribution in [2.24, 2.45) is 5.73 Å². The van der Waals surface area contributed by atoms with Gasteiger partial charge < -0.3 is 19.6 Å². The third-order valence-electron chi connectivity index (χ3n) is 6.17. The van der Waals surface area contributed by atoms with E-state index in [1.54, 1.807) is 19.3 Å². The molecule has 0 radical (unpaired) electrons. The highest BCUT2D eigenvalue weighted by atomic mass is 16.5. The third kappa shape index (κ3) is 4.63. The Morgan fingerprint density at radius 1 is 0.853 bits per heavy atom. The van der Waals surface area contributed by atoms with Crippen LogP contribution < -0.4 is 15.2 Å². The van der Waals surface area contributed by atoms with Crippen LogP contribution in [0.4, 0.5) is 0 Å². The van der Waals surface area contributed by atoms with Gasteiger partial charge in [-0.3, -0.25) is 0 Å². The summed E-state index contributed by atoms with van der Waals surface area (Å²) in [6, 6.07) is 16.7. The van der Waals surface area contributed by atoms with E-state index in [0.29, 0.717) is 23.2 Å². The minimum absolute atomic E-state index is 0.178. The zero-order valence-electron chi connectivity index (χ0n) is 19.4. The molecule has 8 heteroatoms. The van der Waals surface area contributed by atoms with E-state index in [2.05, 4.69) is 58.3 Å². The van der Waals surface area contributed by atoms with Crippen molar-refractivity contribution in [1.29, 1.82) is 0 Å². The van der Waals surface area contributed by atoms with Crippen LogP contribution in [-0.2, 0) is 5.41 Å². The van der Waals surface area contributed by atoms with Gasteiger partial charge in [0.2, 0.25) is 11.7 Å². The normalized spacial score (nSPS) is 17.8. The molecule has 0 spiro atoms. The van der Waals surface area contributed by atoms with Crippen molar-refractivity contribution < 1.29 is 13.9 Å². The maximum absolute atomic E-state index is 5.98. The lowest BCUT2D eigenvalue weighted by Gasteiger charge is -2.33. The number of aryl methyl sites for hydroxylation is 1. The topological polar surface area (TPSA) is 109 Å². The SMILES string of the molecule is Cc1nnc(-c2ncc(Oc3ccc(C(C)(C)c4ccc(OC5CC(N)C5)cc4)cc3)cn2)o1. The van der Waals surface area contributed by atoms with Crippen molar-refractivity contribution in [1.82, 2.24) is 20.2 Å². The molecule has 5 rings (SSSR count). The molecule has 0 atom stereocenters. The van der Waals surface area contributed by atoms with Gasteiger partial charge in [-0.1, -0.05) is 38.1 Å². The molecule has 1 fully saturated rings. The molecule has 174 valence electrons. The molecular weight excluding hydrogens is 430 g/mol. The predicted molar refractivity (Wildman–Crippen MR) is 127 cm³/mol. The number of benzene rings is 2. The van der Waals surface area contributed by atoms with E-state index >= 15 is 0 Å². The Hall–Kier alpha value is -3.78. The molecule has 4 aromatic rings. The molecule has 1 saturated carbocycles. The van der Waals surface area contributed by atoms with E-state index < -0.39 is 0 Å². The molecule has 0 unspecified atom stereocenters. The maximum Gasteiger partial charge on any atom is 0.285 e. The van der Waals surface area contributed by atoms with Gasteiger partial charge in [-0.25, -0.2) is 9.97 Å². The second-order valence-corrected chi connectivity index (χ2v) is 9.12. The Morgan fingerprint density at radius 2 is 1.44 bits per heavy atom. The highest BCUT2D eigenvalue weighted by Gasteiger charge is 2.28. The van der Waals surface area contributed by atoms with Crippen molar-refractivity contribution in [3.8, 4) is 29.0 Å². The zero-order valence-corrected chi connectivity index (χ0v) is 19.4. The number of nitrogens with zero attached hydrogens (tertiary/aromatic N) is 4. The van der Waals surface area contributed by atoms with Crippen molar-refractivity contribution in [2.75, 3.05) is 0 Å². The van der Waals surface area contributed by atoms with E-state index in [4.69, 9.17) is 19.6 Å². The summed E-state index contributed by atoms with van der Waals surface area (Å²) >= 11 is 0. The first kappa shape index (κ1) is 22.0.